The molecule has 1 aliphatic heterocycles. The number of nitrogens with one attached hydrogen (secondary N) is 2. The summed E-state index contributed by atoms with van der Waals surface area (Å²) in [5.41, 5.74) is 2.95. The van der Waals surface area contributed by atoms with Crippen molar-refractivity contribution < 1.29 is 9.59 Å². The SMILES string of the molecule is Cc1cc(Br)ccc1NC(=O)c1ccc2c(c1)NC(=O)[C@H](C)S2. The number of fused-ring (bicyclic) bond motifs is 1. The molecular weight excluding hydrogens is 376 g/mol. The number of thioether (sulfide) groups is 1. The van der Waals surface area contributed by atoms with E-state index in [-0.39, 0.29) is 17.1 Å². The Bertz CT molecular complexity index is 807. The van der Waals surface area contributed by atoms with Crippen molar-refractivity contribution in [3.05, 3.63) is 52.0 Å². The molecular formula is C17H15BrN2O2S. The summed E-state index contributed by atoms with van der Waals surface area (Å²) in [5.74, 6) is -0.236. The first kappa shape index (κ1) is 16.1. The lowest BCUT2D eigenvalue weighted by Crippen LogP contribution is -2.26. The van der Waals surface area contributed by atoms with E-state index in [9.17, 15) is 9.59 Å². The van der Waals surface area contributed by atoms with Crippen molar-refractivity contribution >= 4 is 50.9 Å². The predicted octanol–water partition coefficient (Wildman–Crippen LogP) is 4.44. The van der Waals surface area contributed by atoms with Crippen molar-refractivity contribution in [3.8, 4) is 0 Å². The summed E-state index contributed by atoms with van der Waals surface area (Å²) < 4.78 is 0.968. The third-order valence-corrected chi connectivity index (χ3v) is 5.28. The zero-order valence-electron chi connectivity index (χ0n) is 12.6. The Hall–Kier alpha value is -1.79. The highest BCUT2D eigenvalue weighted by atomic mass is 79.9. The van der Waals surface area contributed by atoms with E-state index >= 15 is 0 Å². The molecule has 1 aliphatic rings. The number of halogens is 1. The molecule has 1 heterocycles. The van der Waals surface area contributed by atoms with Gasteiger partial charge in [0.2, 0.25) is 5.91 Å². The highest BCUT2D eigenvalue weighted by Crippen LogP contribution is 2.36. The van der Waals surface area contributed by atoms with Crippen LogP contribution in [0.5, 0.6) is 0 Å². The highest BCUT2D eigenvalue weighted by molar-refractivity contribution is 9.10. The molecule has 4 nitrogen and oxygen atoms in total. The molecule has 2 amide bonds. The van der Waals surface area contributed by atoms with Crippen LogP contribution < -0.4 is 10.6 Å². The van der Waals surface area contributed by atoms with Crippen LogP contribution in [0.4, 0.5) is 11.4 Å². The van der Waals surface area contributed by atoms with Crippen LogP contribution in [0.3, 0.4) is 0 Å². The Balaban J connectivity index is 1.83. The van der Waals surface area contributed by atoms with E-state index in [0.717, 1.165) is 20.6 Å². The van der Waals surface area contributed by atoms with Gasteiger partial charge in [-0.15, -0.1) is 11.8 Å². The summed E-state index contributed by atoms with van der Waals surface area (Å²) in [6.07, 6.45) is 0. The quantitative estimate of drug-likeness (QED) is 0.796. The van der Waals surface area contributed by atoms with Gasteiger partial charge < -0.3 is 10.6 Å². The van der Waals surface area contributed by atoms with Crippen LogP contribution in [0.15, 0.2) is 45.8 Å². The van der Waals surface area contributed by atoms with Gasteiger partial charge in [0.15, 0.2) is 0 Å². The third-order valence-electron chi connectivity index (χ3n) is 3.61. The Kier molecular flexibility index (Phi) is 4.46. The van der Waals surface area contributed by atoms with Gasteiger partial charge in [-0.25, -0.2) is 0 Å². The van der Waals surface area contributed by atoms with Gasteiger partial charge in [0, 0.05) is 20.6 Å². The molecule has 23 heavy (non-hydrogen) atoms. The largest absolute Gasteiger partial charge is 0.324 e. The topological polar surface area (TPSA) is 58.2 Å². The molecule has 6 heteroatoms. The summed E-state index contributed by atoms with van der Waals surface area (Å²) in [6.45, 7) is 3.80. The molecule has 0 aliphatic carbocycles. The maximum atomic E-state index is 12.4. The third kappa shape index (κ3) is 3.43. The van der Waals surface area contributed by atoms with Crippen molar-refractivity contribution in [2.24, 2.45) is 0 Å². The van der Waals surface area contributed by atoms with Crippen molar-refractivity contribution in [3.63, 3.8) is 0 Å². The van der Waals surface area contributed by atoms with E-state index in [0.29, 0.717) is 11.3 Å². The molecule has 0 aromatic heterocycles. The van der Waals surface area contributed by atoms with Gasteiger partial charge in [-0.2, -0.15) is 0 Å². The van der Waals surface area contributed by atoms with Gasteiger partial charge in [0.1, 0.15) is 0 Å². The minimum Gasteiger partial charge on any atom is -0.324 e. The number of carbonyl (C=O) groups excluding carboxylic acids is 2. The molecule has 2 aromatic carbocycles. The Morgan fingerprint density at radius 1 is 1.26 bits per heavy atom. The van der Waals surface area contributed by atoms with Gasteiger partial charge >= 0.3 is 0 Å². The first-order valence-corrected chi connectivity index (χ1v) is 8.80. The average Bonchev–Trinajstić information content (AvgIpc) is 2.50. The van der Waals surface area contributed by atoms with Crippen LogP contribution >= 0.6 is 27.7 Å². The monoisotopic (exact) mass is 390 g/mol. The van der Waals surface area contributed by atoms with Crippen molar-refractivity contribution in [1.29, 1.82) is 0 Å². The second-order valence-electron chi connectivity index (χ2n) is 5.37. The van der Waals surface area contributed by atoms with Gasteiger partial charge in [-0.05, 0) is 55.8 Å². The average molecular weight is 391 g/mol. The maximum absolute atomic E-state index is 12.4. The number of carbonyl (C=O) groups is 2. The number of amides is 2. The molecule has 118 valence electrons. The number of benzene rings is 2. The molecule has 0 unspecified atom stereocenters. The van der Waals surface area contributed by atoms with Crippen LogP contribution in [0.1, 0.15) is 22.8 Å². The second kappa shape index (κ2) is 6.37. The lowest BCUT2D eigenvalue weighted by molar-refractivity contribution is -0.115. The summed E-state index contributed by atoms with van der Waals surface area (Å²) in [4.78, 5) is 25.2. The minimum absolute atomic E-state index is 0.0381. The predicted molar refractivity (Wildman–Crippen MR) is 97.2 cm³/mol. The number of hydrogen-bond acceptors (Lipinski definition) is 3. The van der Waals surface area contributed by atoms with Crippen LogP contribution in [0, 0.1) is 6.92 Å². The fourth-order valence-electron chi connectivity index (χ4n) is 2.31. The smallest absolute Gasteiger partial charge is 0.255 e. The fraction of sp³-hybridized carbons (Fsp3) is 0.176. The molecule has 0 spiro atoms. The van der Waals surface area contributed by atoms with Gasteiger partial charge in [0.25, 0.3) is 5.91 Å². The number of hydrogen-bond donors (Lipinski definition) is 2. The van der Waals surface area contributed by atoms with E-state index in [1.165, 1.54) is 11.8 Å². The lowest BCUT2D eigenvalue weighted by Gasteiger charge is -2.21. The minimum atomic E-state index is -0.198. The van der Waals surface area contributed by atoms with Crippen LogP contribution in [-0.2, 0) is 4.79 Å². The first-order valence-electron chi connectivity index (χ1n) is 7.13. The van der Waals surface area contributed by atoms with E-state index < -0.39 is 0 Å². The van der Waals surface area contributed by atoms with Crippen molar-refractivity contribution in [1.82, 2.24) is 0 Å². The zero-order valence-corrected chi connectivity index (χ0v) is 15.0. The molecule has 1 atom stereocenters. The molecule has 0 saturated heterocycles. The maximum Gasteiger partial charge on any atom is 0.255 e. The van der Waals surface area contributed by atoms with Gasteiger partial charge in [-0.3, -0.25) is 9.59 Å². The number of rotatable bonds is 2. The second-order valence-corrected chi connectivity index (χ2v) is 7.67. The highest BCUT2D eigenvalue weighted by Gasteiger charge is 2.23. The normalized spacial score (nSPS) is 16.5. The summed E-state index contributed by atoms with van der Waals surface area (Å²) in [7, 11) is 0. The fourth-order valence-corrected chi connectivity index (χ4v) is 3.72. The van der Waals surface area contributed by atoms with Crippen molar-refractivity contribution in [2.75, 3.05) is 10.6 Å². The summed E-state index contributed by atoms with van der Waals surface area (Å²) >= 11 is 4.90. The standard InChI is InChI=1S/C17H15BrN2O2S/c1-9-7-12(18)4-5-13(9)19-17(22)11-3-6-15-14(8-11)20-16(21)10(2)23-15/h3-8,10H,1-2H3,(H,19,22)(H,20,21)/t10-/m0/s1. The van der Waals surface area contributed by atoms with E-state index in [2.05, 4.69) is 26.6 Å². The molecule has 0 saturated carbocycles. The molecule has 0 radical (unpaired) electrons. The van der Waals surface area contributed by atoms with E-state index in [1.807, 2.05) is 38.1 Å². The van der Waals surface area contributed by atoms with Gasteiger partial charge in [-0.1, -0.05) is 15.9 Å². The summed E-state index contributed by atoms with van der Waals surface area (Å²) in [5, 5.41) is 5.62. The Morgan fingerprint density at radius 2 is 2.04 bits per heavy atom. The molecule has 0 bridgehead atoms. The van der Waals surface area contributed by atoms with E-state index in [4.69, 9.17) is 0 Å². The van der Waals surface area contributed by atoms with Crippen LogP contribution in [0.2, 0.25) is 0 Å². The zero-order chi connectivity index (χ0) is 16.6. The Labute approximate surface area is 147 Å². The first-order chi connectivity index (χ1) is 10.9. The van der Waals surface area contributed by atoms with Crippen LogP contribution in [-0.4, -0.2) is 17.1 Å². The van der Waals surface area contributed by atoms with Crippen LogP contribution in [0.25, 0.3) is 0 Å². The van der Waals surface area contributed by atoms with Crippen molar-refractivity contribution in [2.45, 2.75) is 24.0 Å². The number of aryl methyl sites for hydroxylation is 1. The molecule has 3 rings (SSSR count). The molecule has 2 aromatic rings. The lowest BCUT2D eigenvalue weighted by atomic mass is 10.1. The summed E-state index contributed by atoms with van der Waals surface area (Å²) in [6, 6.07) is 11.1. The van der Waals surface area contributed by atoms with Gasteiger partial charge in [0.05, 0.1) is 10.9 Å². The number of anilines is 2. The molecule has 2 N–H and O–H groups in total. The Morgan fingerprint density at radius 3 is 2.78 bits per heavy atom. The molecule has 0 fully saturated rings. The van der Waals surface area contributed by atoms with E-state index in [1.54, 1.807) is 12.1 Å².